The Balaban J connectivity index is 3.05. The summed E-state index contributed by atoms with van der Waals surface area (Å²) >= 11 is 6.02. The van der Waals surface area contributed by atoms with E-state index in [-0.39, 0.29) is 0 Å². The molecule has 0 aliphatic carbocycles. The molecule has 0 atom stereocenters. The Hall–Kier alpha value is -1.22. The van der Waals surface area contributed by atoms with Crippen molar-refractivity contribution >= 4 is 17.3 Å². The van der Waals surface area contributed by atoms with Crippen molar-refractivity contribution in [3.8, 4) is 5.75 Å². The van der Waals surface area contributed by atoms with Gasteiger partial charge in [-0.25, -0.2) is 0 Å². The Labute approximate surface area is 88.3 Å². The van der Waals surface area contributed by atoms with E-state index in [0.29, 0.717) is 5.02 Å². The van der Waals surface area contributed by atoms with Crippen LogP contribution < -0.4 is 4.74 Å². The highest BCUT2D eigenvalue weighted by Gasteiger charge is 2.05. The van der Waals surface area contributed by atoms with Gasteiger partial charge < -0.3 is 9.57 Å². The lowest BCUT2D eigenvalue weighted by Gasteiger charge is -2.05. The maximum absolute atomic E-state index is 6.02. The largest absolute Gasteiger partial charge is 0.497 e. The Morgan fingerprint density at radius 2 is 2.07 bits per heavy atom. The highest BCUT2D eigenvalue weighted by molar-refractivity contribution is 6.34. The molecule has 0 saturated heterocycles. The maximum Gasteiger partial charge on any atom is 0.120 e. The van der Waals surface area contributed by atoms with E-state index in [4.69, 9.17) is 16.3 Å². The standard InChI is InChI=1S/C10H12ClNO2/c1-7(12-14-3)9-5-4-8(13-2)6-10(9)11/h4-6H,1-3H3/b12-7+. The molecule has 3 nitrogen and oxygen atoms in total. The second kappa shape index (κ2) is 4.86. The monoisotopic (exact) mass is 213 g/mol. The van der Waals surface area contributed by atoms with Crippen LogP contribution in [-0.2, 0) is 4.84 Å². The molecule has 0 bridgehead atoms. The third-order valence-corrected chi connectivity index (χ3v) is 2.11. The third kappa shape index (κ3) is 2.39. The number of ether oxygens (including phenoxy) is 1. The molecule has 0 amide bonds. The number of nitrogens with zero attached hydrogens (tertiary/aromatic N) is 1. The Morgan fingerprint density at radius 1 is 1.36 bits per heavy atom. The van der Waals surface area contributed by atoms with Gasteiger partial charge in [-0.1, -0.05) is 16.8 Å². The minimum Gasteiger partial charge on any atom is -0.497 e. The summed E-state index contributed by atoms with van der Waals surface area (Å²) in [5, 5.41) is 4.40. The third-order valence-electron chi connectivity index (χ3n) is 1.79. The first-order chi connectivity index (χ1) is 6.69. The van der Waals surface area contributed by atoms with Crippen molar-refractivity contribution in [1.82, 2.24) is 0 Å². The van der Waals surface area contributed by atoms with Gasteiger partial charge in [-0.05, 0) is 25.1 Å². The lowest BCUT2D eigenvalue weighted by molar-refractivity contribution is 0.213. The van der Waals surface area contributed by atoms with Gasteiger partial charge in [0, 0.05) is 5.56 Å². The molecule has 0 spiro atoms. The second-order valence-corrected chi connectivity index (χ2v) is 3.11. The summed E-state index contributed by atoms with van der Waals surface area (Å²) < 4.78 is 5.03. The first kappa shape index (κ1) is 10.9. The molecule has 0 saturated carbocycles. The predicted octanol–water partition coefficient (Wildman–Crippen LogP) is 2.72. The molecular formula is C10H12ClNO2. The number of rotatable bonds is 3. The highest BCUT2D eigenvalue weighted by Crippen LogP contribution is 2.22. The van der Waals surface area contributed by atoms with Crippen molar-refractivity contribution in [3.63, 3.8) is 0 Å². The van der Waals surface area contributed by atoms with Gasteiger partial charge in [-0.3, -0.25) is 0 Å². The molecule has 0 N–H and O–H groups in total. The fraction of sp³-hybridized carbons (Fsp3) is 0.300. The molecule has 1 aromatic carbocycles. The Bertz CT molecular complexity index is 350. The highest BCUT2D eigenvalue weighted by atomic mass is 35.5. The van der Waals surface area contributed by atoms with Gasteiger partial charge in [-0.2, -0.15) is 0 Å². The zero-order chi connectivity index (χ0) is 10.6. The topological polar surface area (TPSA) is 30.8 Å². The fourth-order valence-electron chi connectivity index (χ4n) is 1.10. The predicted molar refractivity (Wildman–Crippen MR) is 57.2 cm³/mol. The van der Waals surface area contributed by atoms with Crippen LogP contribution >= 0.6 is 11.6 Å². The minimum absolute atomic E-state index is 0.600. The molecule has 0 fully saturated rings. The molecule has 1 rings (SSSR count). The molecule has 76 valence electrons. The van der Waals surface area contributed by atoms with Gasteiger partial charge in [0.1, 0.15) is 12.9 Å². The first-order valence-electron chi connectivity index (χ1n) is 4.10. The van der Waals surface area contributed by atoms with Crippen molar-refractivity contribution in [2.45, 2.75) is 6.92 Å². The van der Waals surface area contributed by atoms with E-state index in [1.165, 1.54) is 7.11 Å². The molecule has 0 heterocycles. The summed E-state index contributed by atoms with van der Waals surface area (Å²) in [7, 11) is 3.10. The van der Waals surface area contributed by atoms with Crippen LogP contribution in [0.25, 0.3) is 0 Å². The van der Waals surface area contributed by atoms with Gasteiger partial charge in [0.25, 0.3) is 0 Å². The van der Waals surface area contributed by atoms with Gasteiger partial charge in [0.05, 0.1) is 17.8 Å². The van der Waals surface area contributed by atoms with Crippen LogP contribution in [-0.4, -0.2) is 19.9 Å². The smallest absolute Gasteiger partial charge is 0.120 e. The SMILES string of the molecule is CO/N=C(\C)c1ccc(OC)cc1Cl. The lowest BCUT2D eigenvalue weighted by Crippen LogP contribution is -1.97. The van der Waals surface area contributed by atoms with Gasteiger partial charge in [0.2, 0.25) is 0 Å². The molecule has 0 unspecified atom stereocenters. The summed E-state index contributed by atoms with van der Waals surface area (Å²) in [4.78, 5) is 4.67. The van der Waals surface area contributed by atoms with Crippen molar-refractivity contribution in [3.05, 3.63) is 28.8 Å². The summed E-state index contributed by atoms with van der Waals surface area (Å²) in [5.74, 6) is 0.726. The first-order valence-corrected chi connectivity index (χ1v) is 4.48. The summed E-state index contributed by atoms with van der Waals surface area (Å²) in [6.45, 7) is 1.83. The van der Waals surface area contributed by atoms with E-state index < -0.39 is 0 Å². The van der Waals surface area contributed by atoms with Gasteiger partial charge in [0.15, 0.2) is 0 Å². The van der Waals surface area contributed by atoms with Crippen molar-refractivity contribution in [2.75, 3.05) is 14.2 Å². The van der Waals surface area contributed by atoms with Gasteiger partial charge in [-0.15, -0.1) is 0 Å². The van der Waals surface area contributed by atoms with E-state index in [9.17, 15) is 0 Å². The van der Waals surface area contributed by atoms with Crippen LogP contribution in [0.2, 0.25) is 5.02 Å². The normalized spacial score (nSPS) is 11.3. The Morgan fingerprint density at radius 3 is 2.57 bits per heavy atom. The fourth-order valence-corrected chi connectivity index (χ4v) is 1.41. The van der Waals surface area contributed by atoms with Crippen LogP contribution in [0, 0.1) is 0 Å². The molecule has 4 heteroatoms. The average molecular weight is 214 g/mol. The number of oxime groups is 1. The van der Waals surface area contributed by atoms with Crippen LogP contribution in [0.3, 0.4) is 0 Å². The molecule has 0 aliphatic rings. The second-order valence-electron chi connectivity index (χ2n) is 2.71. The van der Waals surface area contributed by atoms with E-state index in [0.717, 1.165) is 17.0 Å². The van der Waals surface area contributed by atoms with Crippen LogP contribution in [0.15, 0.2) is 23.4 Å². The van der Waals surface area contributed by atoms with Crippen LogP contribution in [0.4, 0.5) is 0 Å². The van der Waals surface area contributed by atoms with Crippen molar-refractivity contribution < 1.29 is 9.57 Å². The number of hydrogen-bond donors (Lipinski definition) is 0. The molecule has 14 heavy (non-hydrogen) atoms. The lowest BCUT2D eigenvalue weighted by atomic mass is 10.1. The molecule has 1 aromatic rings. The number of benzene rings is 1. The minimum atomic E-state index is 0.600. The summed E-state index contributed by atoms with van der Waals surface area (Å²) in [6, 6.07) is 5.42. The van der Waals surface area contributed by atoms with Gasteiger partial charge >= 0.3 is 0 Å². The zero-order valence-corrected chi connectivity index (χ0v) is 9.13. The average Bonchev–Trinajstić information content (AvgIpc) is 2.17. The maximum atomic E-state index is 6.02. The number of hydrogen-bond acceptors (Lipinski definition) is 3. The molecule has 0 aliphatic heterocycles. The zero-order valence-electron chi connectivity index (χ0n) is 8.37. The van der Waals surface area contributed by atoms with E-state index in [1.807, 2.05) is 19.1 Å². The van der Waals surface area contributed by atoms with Crippen molar-refractivity contribution in [2.24, 2.45) is 5.16 Å². The van der Waals surface area contributed by atoms with E-state index >= 15 is 0 Å². The van der Waals surface area contributed by atoms with E-state index in [2.05, 4.69) is 9.99 Å². The summed E-state index contributed by atoms with van der Waals surface area (Å²) in [5.41, 5.74) is 1.58. The van der Waals surface area contributed by atoms with Crippen LogP contribution in [0.5, 0.6) is 5.75 Å². The number of methoxy groups -OCH3 is 1. The number of halogens is 1. The molecule has 0 aromatic heterocycles. The molecule has 0 radical (unpaired) electrons. The molecular weight excluding hydrogens is 202 g/mol. The quantitative estimate of drug-likeness (QED) is 0.571. The van der Waals surface area contributed by atoms with Crippen molar-refractivity contribution in [1.29, 1.82) is 0 Å². The Kier molecular flexibility index (Phi) is 3.77. The summed E-state index contributed by atoms with van der Waals surface area (Å²) in [6.07, 6.45) is 0. The van der Waals surface area contributed by atoms with Crippen LogP contribution in [0.1, 0.15) is 12.5 Å². The van der Waals surface area contributed by atoms with E-state index in [1.54, 1.807) is 13.2 Å².